The third kappa shape index (κ3) is 4.21. The number of amides is 1. The summed E-state index contributed by atoms with van der Waals surface area (Å²) in [7, 11) is 0. The minimum atomic E-state index is -0.252. The van der Waals surface area contributed by atoms with Gasteiger partial charge in [-0.05, 0) is 44.0 Å². The third-order valence-electron chi connectivity index (χ3n) is 2.95. The summed E-state index contributed by atoms with van der Waals surface area (Å²) in [5.74, 6) is 0.446. The van der Waals surface area contributed by atoms with Gasteiger partial charge in [0.25, 0.3) is 5.91 Å². The van der Waals surface area contributed by atoms with Crippen molar-refractivity contribution in [3.05, 3.63) is 34.9 Å². The van der Waals surface area contributed by atoms with E-state index in [1.807, 2.05) is 13.8 Å². The molecule has 0 saturated carbocycles. The van der Waals surface area contributed by atoms with Crippen LogP contribution in [0.15, 0.2) is 24.3 Å². The molecule has 0 aromatic heterocycles. The molecule has 1 rings (SSSR count). The minimum Gasteiger partial charge on any atom is -0.347 e. The van der Waals surface area contributed by atoms with Gasteiger partial charge >= 0.3 is 0 Å². The summed E-state index contributed by atoms with van der Waals surface area (Å²) in [6.07, 6.45) is 1.60. The molecule has 1 unspecified atom stereocenters. The smallest absolute Gasteiger partial charge is 0.251 e. The van der Waals surface area contributed by atoms with Crippen molar-refractivity contribution < 1.29 is 4.79 Å². The van der Waals surface area contributed by atoms with E-state index in [0.717, 1.165) is 12.8 Å². The van der Waals surface area contributed by atoms with Gasteiger partial charge in [-0.3, -0.25) is 4.79 Å². The second kappa shape index (κ2) is 6.27. The molecule has 0 heterocycles. The van der Waals surface area contributed by atoms with E-state index >= 15 is 0 Å². The lowest BCUT2D eigenvalue weighted by atomic mass is 9.95. The Hall–Kier alpha value is -0.730. The van der Waals surface area contributed by atoms with E-state index in [0.29, 0.717) is 16.5 Å². The summed E-state index contributed by atoms with van der Waals surface area (Å²) in [5, 5.41) is 3.64. The lowest BCUT2D eigenvalue weighted by Crippen LogP contribution is -2.45. The maximum atomic E-state index is 12.0. The van der Waals surface area contributed by atoms with Gasteiger partial charge in [0.05, 0.1) is 0 Å². The first-order valence-electron chi connectivity index (χ1n) is 5.65. The highest BCUT2D eigenvalue weighted by atomic mass is 35.5. The van der Waals surface area contributed by atoms with Gasteiger partial charge < -0.3 is 5.32 Å². The molecule has 0 fully saturated rings. The number of hydrogen-bond acceptors (Lipinski definition) is 1. The Bertz CT molecular complexity index is 378. The summed E-state index contributed by atoms with van der Waals surface area (Å²) in [6.45, 7) is 4.04. The third-order valence-corrected chi connectivity index (χ3v) is 3.39. The summed E-state index contributed by atoms with van der Waals surface area (Å²) in [5.41, 5.74) is 0.363. The fraction of sp³-hybridized carbons (Fsp3) is 0.462. The number of rotatable bonds is 5. The normalized spacial score (nSPS) is 14.1. The highest BCUT2D eigenvalue weighted by molar-refractivity contribution is 6.30. The van der Waals surface area contributed by atoms with Crippen LogP contribution in [0, 0.1) is 0 Å². The fourth-order valence-electron chi connectivity index (χ4n) is 1.48. The van der Waals surface area contributed by atoms with Crippen LogP contribution in [0.25, 0.3) is 0 Å². The van der Waals surface area contributed by atoms with Gasteiger partial charge in [-0.25, -0.2) is 0 Å². The van der Waals surface area contributed by atoms with Crippen molar-refractivity contribution in [3.8, 4) is 0 Å². The lowest BCUT2D eigenvalue weighted by Gasteiger charge is -2.29. The summed E-state index contributed by atoms with van der Waals surface area (Å²) in [4.78, 5) is 12.0. The number of nitrogens with one attached hydrogen (secondary N) is 1. The Morgan fingerprint density at radius 1 is 1.35 bits per heavy atom. The van der Waals surface area contributed by atoms with Crippen molar-refractivity contribution in [3.63, 3.8) is 0 Å². The van der Waals surface area contributed by atoms with E-state index in [1.165, 1.54) is 0 Å². The molecule has 0 aliphatic rings. The number of carbonyl (C=O) groups is 1. The van der Waals surface area contributed by atoms with Crippen LogP contribution in [0.3, 0.4) is 0 Å². The predicted molar refractivity (Wildman–Crippen MR) is 73.0 cm³/mol. The highest BCUT2D eigenvalue weighted by Gasteiger charge is 2.23. The van der Waals surface area contributed by atoms with Gasteiger partial charge in [0.1, 0.15) is 0 Å². The number of alkyl halides is 1. The van der Waals surface area contributed by atoms with Crippen LogP contribution in [-0.4, -0.2) is 17.3 Å². The first-order valence-corrected chi connectivity index (χ1v) is 6.56. The molecule has 94 valence electrons. The fourth-order valence-corrected chi connectivity index (χ4v) is 2.03. The molecule has 0 aliphatic carbocycles. The largest absolute Gasteiger partial charge is 0.347 e. The van der Waals surface area contributed by atoms with Gasteiger partial charge in [-0.1, -0.05) is 18.5 Å². The molecule has 1 atom stereocenters. The highest BCUT2D eigenvalue weighted by Crippen LogP contribution is 2.17. The maximum Gasteiger partial charge on any atom is 0.251 e. The quantitative estimate of drug-likeness (QED) is 0.811. The van der Waals surface area contributed by atoms with Crippen LogP contribution in [0.2, 0.25) is 5.02 Å². The average molecular weight is 274 g/mol. The second-order valence-electron chi connectivity index (χ2n) is 4.31. The van der Waals surface area contributed by atoms with Gasteiger partial charge in [-0.15, -0.1) is 11.6 Å². The number of benzene rings is 1. The standard InChI is InChI=1S/C13H17Cl2NO/c1-3-13(2,8-9-14)16-12(17)10-4-6-11(15)7-5-10/h4-7H,3,8-9H2,1-2H3,(H,16,17). The Kier molecular flexibility index (Phi) is 5.29. The van der Waals surface area contributed by atoms with Gasteiger partial charge in [-0.2, -0.15) is 0 Å². The first kappa shape index (κ1) is 14.3. The number of carbonyl (C=O) groups excluding carboxylic acids is 1. The van der Waals surface area contributed by atoms with Crippen molar-refractivity contribution in [2.75, 3.05) is 5.88 Å². The molecule has 0 radical (unpaired) electrons. The molecule has 0 aliphatic heterocycles. The second-order valence-corrected chi connectivity index (χ2v) is 5.13. The van der Waals surface area contributed by atoms with Crippen LogP contribution >= 0.6 is 23.2 Å². The molecule has 0 bridgehead atoms. The van der Waals surface area contributed by atoms with Crippen molar-refractivity contribution in [1.29, 1.82) is 0 Å². The zero-order chi connectivity index (χ0) is 12.9. The van der Waals surface area contributed by atoms with Gasteiger partial charge in [0.2, 0.25) is 0 Å². The zero-order valence-corrected chi connectivity index (χ0v) is 11.6. The zero-order valence-electron chi connectivity index (χ0n) is 10.1. The van der Waals surface area contributed by atoms with Gasteiger partial charge in [0.15, 0.2) is 0 Å². The topological polar surface area (TPSA) is 29.1 Å². The van der Waals surface area contributed by atoms with E-state index in [-0.39, 0.29) is 11.4 Å². The van der Waals surface area contributed by atoms with Crippen molar-refractivity contribution in [2.45, 2.75) is 32.2 Å². The summed E-state index contributed by atoms with van der Waals surface area (Å²) >= 11 is 11.5. The molecule has 0 saturated heterocycles. The number of hydrogen-bond donors (Lipinski definition) is 1. The predicted octanol–water partition coefficient (Wildman–Crippen LogP) is 3.87. The van der Waals surface area contributed by atoms with Crippen LogP contribution in [0.4, 0.5) is 0 Å². The van der Waals surface area contributed by atoms with Crippen LogP contribution < -0.4 is 5.32 Å². The van der Waals surface area contributed by atoms with Crippen molar-refractivity contribution in [2.24, 2.45) is 0 Å². The summed E-state index contributed by atoms with van der Waals surface area (Å²) in [6, 6.07) is 6.85. The van der Waals surface area contributed by atoms with Crippen LogP contribution in [-0.2, 0) is 0 Å². The van der Waals surface area contributed by atoms with Gasteiger partial charge in [0, 0.05) is 22.0 Å². The van der Waals surface area contributed by atoms with E-state index in [9.17, 15) is 4.79 Å². The van der Waals surface area contributed by atoms with Crippen molar-refractivity contribution in [1.82, 2.24) is 5.32 Å². The van der Waals surface area contributed by atoms with E-state index in [2.05, 4.69) is 5.32 Å². The van der Waals surface area contributed by atoms with Crippen LogP contribution in [0.5, 0.6) is 0 Å². The van der Waals surface area contributed by atoms with E-state index in [4.69, 9.17) is 23.2 Å². The molecule has 1 amide bonds. The van der Waals surface area contributed by atoms with Crippen molar-refractivity contribution >= 4 is 29.1 Å². The molecule has 2 nitrogen and oxygen atoms in total. The molecular formula is C13H17Cl2NO. The molecule has 1 aromatic carbocycles. The molecule has 17 heavy (non-hydrogen) atoms. The Labute approximate surface area is 112 Å². The minimum absolute atomic E-state index is 0.0869. The van der Waals surface area contributed by atoms with E-state index < -0.39 is 0 Å². The lowest BCUT2D eigenvalue weighted by molar-refractivity contribution is 0.0901. The van der Waals surface area contributed by atoms with Crippen LogP contribution in [0.1, 0.15) is 37.0 Å². The first-order chi connectivity index (χ1) is 8.00. The maximum absolute atomic E-state index is 12.0. The molecule has 4 heteroatoms. The molecule has 1 N–H and O–H groups in total. The SMILES string of the molecule is CCC(C)(CCCl)NC(=O)c1ccc(Cl)cc1. The van der Waals surface area contributed by atoms with E-state index in [1.54, 1.807) is 24.3 Å². The Morgan fingerprint density at radius 2 is 1.94 bits per heavy atom. The number of halogens is 2. The molecule has 0 spiro atoms. The Morgan fingerprint density at radius 3 is 2.41 bits per heavy atom. The Balaban J connectivity index is 2.74. The molecule has 1 aromatic rings. The summed E-state index contributed by atoms with van der Waals surface area (Å²) < 4.78 is 0. The molecular weight excluding hydrogens is 257 g/mol. The monoisotopic (exact) mass is 273 g/mol. The average Bonchev–Trinajstić information content (AvgIpc) is 2.30.